The number of hydrogen-bond acceptors (Lipinski definition) is 10. The number of pyridine rings is 2. The Morgan fingerprint density at radius 3 is 2.63 bits per heavy atom. The Kier molecular flexibility index (Phi) is 10.5. The summed E-state index contributed by atoms with van der Waals surface area (Å²) in [4.78, 5) is 55.6. The molecule has 1 aromatic carbocycles. The molecule has 7 rings (SSSR count). The average Bonchev–Trinajstić information content (AvgIpc) is 3.73. The van der Waals surface area contributed by atoms with Crippen LogP contribution in [0.25, 0.3) is 22.6 Å². The summed E-state index contributed by atoms with van der Waals surface area (Å²) < 4.78 is 7.88. The van der Waals surface area contributed by atoms with Crippen molar-refractivity contribution in [1.29, 1.82) is 0 Å². The number of carbonyl (C=O) groups is 3. The molecule has 0 radical (unpaired) electrons. The zero-order chi connectivity index (χ0) is 36.2. The van der Waals surface area contributed by atoms with Gasteiger partial charge in [-0.25, -0.2) is 9.97 Å². The van der Waals surface area contributed by atoms with Crippen molar-refractivity contribution in [2.24, 2.45) is 13.0 Å². The highest BCUT2D eigenvalue weighted by molar-refractivity contribution is 6.32. The highest BCUT2D eigenvalue weighted by Crippen LogP contribution is 2.36. The van der Waals surface area contributed by atoms with Crippen molar-refractivity contribution >= 4 is 46.2 Å². The van der Waals surface area contributed by atoms with E-state index >= 15 is 0 Å². The second kappa shape index (κ2) is 15.5. The van der Waals surface area contributed by atoms with Gasteiger partial charge in [-0.2, -0.15) is 5.10 Å². The van der Waals surface area contributed by atoms with Crippen molar-refractivity contribution < 1.29 is 19.1 Å². The number of fused-ring (bicyclic) bond motifs is 1. The molecule has 0 aliphatic carbocycles. The number of H-pyrrole nitrogens is 1. The normalized spacial score (nSPS) is 16.7. The molecule has 4 aromatic heterocycles. The fraction of sp³-hybridized carbons (Fsp3) is 0.378. The smallest absolute Gasteiger partial charge is 0.251 e. The minimum atomic E-state index is -0.331. The van der Waals surface area contributed by atoms with E-state index in [9.17, 15) is 14.4 Å². The lowest BCUT2D eigenvalue weighted by molar-refractivity contribution is -0.134. The number of halogens is 1. The summed E-state index contributed by atoms with van der Waals surface area (Å²) in [5, 5.41) is 13.7. The van der Waals surface area contributed by atoms with Gasteiger partial charge in [0.25, 0.3) is 5.91 Å². The Hall–Kier alpha value is -5.34. The van der Waals surface area contributed by atoms with Gasteiger partial charge in [-0.3, -0.25) is 29.4 Å². The highest BCUT2D eigenvalue weighted by Gasteiger charge is 2.29. The van der Waals surface area contributed by atoms with Crippen LogP contribution >= 0.6 is 11.6 Å². The fourth-order valence-corrected chi connectivity index (χ4v) is 6.98. The standard InChI is InChI=1S/C37H41ClN10O4/c1-22-29(21-47(2)46-22)34-44-32-33(30(38)20-42-35(32)45-34)52-27-6-4-24(5-7-27)36(50)41-13-3-12-39-17-23-10-14-48(15-11-23)26-16-25(18-40-19-26)28-8-9-31(49)43-37(28)51/h4-7,16,18-21,23,28,39H,3,8-15,17H2,1-2H3,(H,41,50)(H,42,44,45)(H,43,49,51)/t28-/m0/s1. The summed E-state index contributed by atoms with van der Waals surface area (Å²) in [6, 6.07) is 8.96. The molecular weight excluding hydrogens is 684 g/mol. The number of aryl methyl sites for hydroxylation is 2. The van der Waals surface area contributed by atoms with E-state index in [2.05, 4.69) is 45.9 Å². The van der Waals surface area contributed by atoms with Gasteiger partial charge in [0.2, 0.25) is 11.8 Å². The fourth-order valence-electron chi connectivity index (χ4n) is 6.80. The number of rotatable bonds is 12. The molecule has 6 heterocycles. The van der Waals surface area contributed by atoms with Gasteiger partial charge in [0.15, 0.2) is 11.4 Å². The molecule has 2 fully saturated rings. The number of nitrogens with zero attached hydrogens (tertiary/aromatic N) is 6. The number of carbonyl (C=O) groups excluding carboxylic acids is 3. The third-order valence-corrected chi connectivity index (χ3v) is 9.92. The molecule has 14 nitrogen and oxygen atoms in total. The average molecular weight is 725 g/mol. The lowest BCUT2D eigenvalue weighted by atomic mass is 9.91. The van der Waals surface area contributed by atoms with Gasteiger partial charge in [-0.05, 0) is 87.5 Å². The SMILES string of the molecule is Cc1nn(C)cc1-c1nc2ncc(Cl)c(Oc3ccc(C(=O)NCCCNCC4CCN(c5cncc([C@@H]6CCC(=O)NC6=O)c5)CC4)cc3)c2[nH]1. The van der Waals surface area contributed by atoms with Gasteiger partial charge in [0.05, 0.1) is 35.3 Å². The Morgan fingerprint density at radius 2 is 1.88 bits per heavy atom. The van der Waals surface area contributed by atoms with Crippen LogP contribution in [0, 0.1) is 12.8 Å². The van der Waals surface area contributed by atoms with Crippen LogP contribution in [0.3, 0.4) is 0 Å². The molecule has 1 atom stereocenters. The Balaban J connectivity index is 0.826. The van der Waals surface area contributed by atoms with Crippen LogP contribution in [0.2, 0.25) is 5.02 Å². The van der Waals surface area contributed by atoms with E-state index in [1.165, 1.54) is 6.20 Å². The van der Waals surface area contributed by atoms with Crippen LogP contribution in [0.4, 0.5) is 5.69 Å². The molecule has 3 amide bonds. The lowest BCUT2D eigenvalue weighted by Gasteiger charge is -2.34. The minimum absolute atomic E-state index is 0.149. The minimum Gasteiger partial charge on any atom is -0.453 e. The molecule has 0 spiro atoms. The van der Waals surface area contributed by atoms with Gasteiger partial charge in [-0.15, -0.1) is 0 Å². The molecule has 0 saturated carbocycles. The maximum absolute atomic E-state index is 12.8. The van der Waals surface area contributed by atoms with Crippen molar-refractivity contribution in [1.82, 2.24) is 45.7 Å². The number of nitrogens with one attached hydrogen (secondary N) is 4. The van der Waals surface area contributed by atoms with Crippen molar-refractivity contribution in [3.8, 4) is 22.9 Å². The lowest BCUT2D eigenvalue weighted by Crippen LogP contribution is -2.40. The second-order valence-electron chi connectivity index (χ2n) is 13.4. The van der Waals surface area contributed by atoms with Crippen LogP contribution in [0.15, 0.2) is 55.1 Å². The summed E-state index contributed by atoms with van der Waals surface area (Å²) in [7, 11) is 1.85. The molecule has 2 saturated heterocycles. The first kappa shape index (κ1) is 35.1. The molecule has 0 unspecified atom stereocenters. The third-order valence-electron chi connectivity index (χ3n) is 9.65. The number of aromatic amines is 1. The van der Waals surface area contributed by atoms with E-state index in [4.69, 9.17) is 16.3 Å². The van der Waals surface area contributed by atoms with Gasteiger partial charge in [0.1, 0.15) is 22.1 Å². The van der Waals surface area contributed by atoms with Crippen LogP contribution in [0.5, 0.6) is 11.5 Å². The maximum Gasteiger partial charge on any atom is 0.251 e. The van der Waals surface area contributed by atoms with Crippen LogP contribution in [-0.2, 0) is 16.6 Å². The van der Waals surface area contributed by atoms with Gasteiger partial charge in [0, 0.05) is 51.1 Å². The molecule has 2 aliphatic heterocycles. The van der Waals surface area contributed by atoms with Crippen molar-refractivity contribution in [2.75, 3.05) is 37.6 Å². The topological polar surface area (TPSA) is 172 Å². The quantitative estimate of drug-likeness (QED) is 0.105. The van der Waals surface area contributed by atoms with E-state index in [-0.39, 0.29) is 23.6 Å². The zero-order valence-corrected chi connectivity index (χ0v) is 29.9. The van der Waals surface area contributed by atoms with E-state index in [1.807, 2.05) is 32.4 Å². The van der Waals surface area contributed by atoms with Crippen molar-refractivity contribution in [3.63, 3.8) is 0 Å². The first-order chi connectivity index (χ1) is 25.2. The summed E-state index contributed by atoms with van der Waals surface area (Å²) in [5.41, 5.74) is 5.14. The second-order valence-corrected chi connectivity index (χ2v) is 13.8. The molecule has 52 heavy (non-hydrogen) atoms. The summed E-state index contributed by atoms with van der Waals surface area (Å²) >= 11 is 6.48. The molecule has 4 N–H and O–H groups in total. The molecule has 5 aromatic rings. The first-order valence-corrected chi connectivity index (χ1v) is 17.9. The van der Waals surface area contributed by atoms with Crippen LogP contribution < -0.4 is 25.6 Å². The monoisotopic (exact) mass is 724 g/mol. The van der Waals surface area contributed by atoms with E-state index in [1.54, 1.807) is 35.1 Å². The first-order valence-electron chi connectivity index (χ1n) is 17.6. The number of aromatic nitrogens is 6. The summed E-state index contributed by atoms with van der Waals surface area (Å²) in [6.45, 7) is 6.04. The predicted molar refractivity (Wildman–Crippen MR) is 196 cm³/mol. The summed E-state index contributed by atoms with van der Waals surface area (Å²) in [6.07, 6.45) is 10.8. The van der Waals surface area contributed by atoms with Crippen molar-refractivity contribution in [3.05, 3.63) is 77.0 Å². The number of amides is 3. The van der Waals surface area contributed by atoms with E-state index in [0.29, 0.717) is 64.4 Å². The third kappa shape index (κ3) is 7.92. The number of ether oxygens (including phenoxy) is 1. The number of hydrogen-bond donors (Lipinski definition) is 4. The largest absolute Gasteiger partial charge is 0.453 e. The molecule has 2 aliphatic rings. The molecule has 15 heteroatoms. The molecule has 270 valence electrons. The summed E-state index contributed by atoms with van der Waals surface area (Å²) in [5.74, 6) is 1.18. The van der Waals surface area contributed by atoms with Crippen LogP contribution in [-0.4, -0.2) is 80.2 Å². The number of anilines is 1. The van der Waals surface area contributed by atoms with Gasteiger partial charge >= 0.3 is 0 Å². The van der Waals surface area contributed by atoms with Gasteiger partial charge < -0.3 is 25.3 Å². The Bertz CT molecular complexity index is 2090. The number of imidazole rings is 1. The Labute approximate surface area is 305 Å². The number of benzene rings is 1. The maximum atomic E-state index is 12.8. The highest BCUT2D eigenvalue weighted by atomic mass is 35.5. The van der Waals surface area contributed by atoms with Gasteiger partial charge in [-0.1, -0.05) is 11.6 Å². The zero-order valence-electron chi connectivity index (χ0n) is 29.1. The van der Waals surface area contributed by atoms with E-state index < -0.39 is 0 Å². The predicted octanol–water partition coefficient (Wildman–Crippen LogP) is 4.65. The molecule has 0 bridgehead atoms. The van der Waals surface area contributed by atoms with E-state index in [0.717, 1.165) is 67.9 Å². The number of imide groups is 1. The van der Waals surface area contributed by atoms with Crippen LogP contribution in [0.1, 0.15) is 59.6 Å². The molecular formula is C37H41ClN10O4. The van der Waals surface area contributed by atoms with Crippen molar-refractivity contribution in [2.45, 2.75) is 44.9 Å². The number of piperidine rings is 2. The Morgan fingerprint density at radius 1 is 1.08 bits per heavy atom.